The number of hydrogen-bond acceptors (Lipinski definition) is 3. The van der Waals surface area contributed by atoms with Gasteiger partial charge in [-0.3, -0.25) is 9.59 Å². The van der Waals surface area contributed by atoms with Gasteiger partial charge in [-0.1, -0.05) is 26.0 Å². The second-order valence-electron chi connectivity index (χ2n) is 5.77. The molecule has 5 nitrogen and oxygen atoms in total. The van der Waals surface area contributed by atoms with Gasteiger partial charge in [0.15, 0.2) is 0 Å². The molecule has 2 N–H and O–H groups in total. The molecule has 1 rings (SSSR count). The second kappa shape index (κ2) is 8.56. The molecular weight excluding hydrogens is 327 g/mol. The minimum absolute atomic E-state index is 0.253. The van der Waals surface area contributed by atoms with Crippen LogP contribution in [-0.2, 0) is 9.59 Å². The molecule has 1 aromatic rings. The van der Waals surface area contributed by atoms with Gasteiger partial charge < -0.3 is 15.2 Å². The third-order valence-corrected chi connectivity index (χ3v) is 3.18. The summed E-state index contributed by atoms with van der Waals surface area (Å²) in [5.74, 6) is -1.51. The fourth-order valence-corrected chi connectivity index (χ4v) is 2.01. The number of amides is 1. The van der Waals surface area contributed by atoms with Crippen molar-refractivity contribution in [2.24, 2.45) is 5.92 Å². The van der Waals surface area contributed by atoms with E-state index >= 15 is 0 Å². The number of carbonyl (C=O) groups is 2. The number of carbonyl (C=O) groups excluding carboxylic acids is 1. The predicted molar refractivity (Wildman–Crippen MR) is 80.3 cm³/mol. The maximum atomic E-state index is 12.1. The Bertz CT molecular complexity index is 555. The standard InChI is InChI=1S/C16H20F3NO4/c1-10(2)3-8-14(21)20-13(9-15(22)23)11-4-6-12(7-5-11)24-16(17,18)19/h4-7,10,13H,3,8-9H2,1-2H3,(H,20,21)(H,22,23). The van der Waals surface area contributed by atoms with Crippen molar-refractivity contribution in [2.75, 3.05) is 0 Å². The van der Waals surface area contributed by atoms with Gasteiger partial charge in [-0.15, -0.1) is 13.2 Å². The lowest BCUT2D eigenvalue weighted by Crippen LogP contribution is -2.30. The van der Waals surface area contributed by atoms with E-state index < -0.39 is 24.1 Å². The van der Waals surface area contributed by atoms with Crippen LogP contribution >= 0.6 is 0 Å². The normalized spacial score (nSPS) is 12.8. The minimum atomic E-state index is -4.80. The lowest BCUT2D eigenvalue weighted by molar-refractivity contribution is -0.274. The van der Waals surface area contributed by atoms with E-state index in [2.05, 4.69) is 10.1 Å². The summed E-state index contributed by atoms with van der Waals surface area (Å²) in [6.45, 7) is 3.92. The van der Waals surface area contributed by atoms with Crippen LogP contribution in [0.5, 0.6) is 5.75 Å². The van der Waals surface area contributed by atoms with E-state index in [-0.39, 0.29) is 18.7 Å². The number of ether oxygens (including phenoxy) is 1. The van der Waals surface area contributed by atoms with Crippen LogP contribution in [0.4, 0.5) is 13.2 Å². The minimum Gasteiger partial charge on any atom is -0.481 e. The molecule has 0 fully saturated rings. The average molecular weight is 347 g/mol. The highest BCUT2D eigenvalue weighted by atomic mass is 19.4. The largest absolute Gasteiger partial charge is 0.573 e. The van der Waals surface area contributed by atoms with E-state index in [9.17, 15) is 22.8 Å². The number of halogens is 3. The van der Waals surface area contributed by atoms with Gasteiger partial charge in [-0.2, -0.15) is 0 Å². The fourth-order valence-electron chi connectivity index (χ4n) is 2.01. The number of carboxylic acids is 1. The molecule has 1 aromatic carbocycles. The van der Waals surface area contributed by atoms with Crippen LogP contribution in [0, 0.1) is 5.92 Å². The number of rotatable bonds is 8. The molecule has 8 heteroatoms. The molecule has 0 aliphatic rings. The van der Waals surface area contributed by atoms with Crippen LogP contribution in [0.3, 0.4) is 0 Å². The van der Waals surface area contributed by atoms with Crippen molar-refractivity contribution in [3.63, 3.8) is 0 Å². The first-order valence-corrected chi connectivity index (χ1v) is 7.43. The SMILES string of the molecule is CC(C)CCC(=O)NC(CC(=O)O)c1ccc(OC(F)(F)F)cc1. The van der Waals surface area contributed by atoms with Crippen LogP contribution in [0.2, 0.25) is 0 Å². The van der Waals surface area contributed by atoms with Crippen LogP contribution in [0.25, 0.3) is 0 Å². The summed E-state index contributed by atoms with van der Waals surface area (Å²) in [6.07, 6.45) is -4.26. The molecule has 0 radical (unpaired) electrons. The Kier molecular flexibility index (Phi) is 7.06. The number of alkyl halides is 3. The lowest BCUT2D eigenvalue weighted by Gasteiger charge is -2.18. The summed E-state index contributed by atoms with van der Waals surface area (Å²) in [7, 11) is 0. The quantitative estimate of drug-likeness (QED) is 0.753. The van der Waals surface area contributed by atoms with Crippen molar-refractivity contribution in [2.45, 2.75) is 45.5 Å². The Morgan fingerprint density at radius 3 is 2.25 bits per heavy atom. The van der Waals surface area contributed by atoms with Crippen molar-refractivity contribution >= 4 is 11.9 Å². The number of benzene rings is 1. The van der Waals surface area contributed by atoms with Gasteiger partial charge in [-0.05, 0) is 30.0 Å². The Labute approximate surface area is 137 Å². The summed E-state index contributed by atoms with van der Waals surface area (Å²) in [6, 6.07) is 3.95. The van der Waals surface area contributed by atoms with Crippen molar-refractivity contribution in [3.8, 4) is 5.75 Å². The molecule has 0 aromatic heterocycles. The smallest absolute Gasteiger partial charge is 0.481 e. The third-order valence-electron chi connectivity index (χ3n) is 3.18. The maximum absolute atomic E-state index is 12.1. The second-order valence-corrected chi connectivity index (χ2v) is 5.77. The Morgan fingerprint density at radius 2 is 1.79 bits per heavy atom. The van der Waals surface area contributed by atoms with Crippen LogP contribution in [0.15, 0.2) is 24.3 Å². The fraction of sp³-hybridized carbons (Fsp3) is 0.500. The molecule has 0 spiro atoms. The number of aliphatic carboxylic acids is 1. The monoisotopic (exact) mass is 347 g/mol. The van der Waals surface area contributed by atoms with E-state index in [1.165, 1.54) is 12.1 Å². The molecular formula is C16H20F3NO4. The predicted octanol–water partition coefficient (Wildman–Crippen LogP) is 3.65. The van der Waals surface area contributed by atoms with Crippen molar-refractivity contribution < 1.29 is 32.6 Å². The molecule has 0 bridgehead atoms. The highest BCUT2D eigenvalue weighted by molar-refractivity contribution is 5.77. The number of nitrogens with one attached hydrogen (secondary N) is 1. The van der Waals surface area contributed by atoms with Gasteiger partial charge in [0.2, 0.25) is 5.91 Å². The Hall–Kier alpha value is -2.25. The molecule has 0 saturated heterocycles. The van der Waals surface area contributed by atoms with Gasteiger partial charge in [0, 0.05) is 6.42 Å². The van der Waals surface area contributed by atoms with Crippen molar-refractivity contribution in [3.05, 3.63) is 29.8 Å². The molecule has 1 unspecified atom stereocenters. The molecule has 0 aliphatic carbocycles. The molecule has 1 amide bonds. The zero-order valence-electron chi connectivity index (χ0n) is 13.4. The van der Waals surface area contributed by atoms with Crippen molar-refractivity contribution in [1.29, 1.82) is 0 Å². The maximum Gasteiger partial charge on any atom is 0.573 e. The third kappa shape index (κ3) is 7.85. The van der Waals surface area contributed by atoms with E-state index in [1.54, 1.807) is 0 Å². The molecule has 0 aliphatic heterocycles. The van der Waals surface area contributed by atoms with Gasteiger partial charge in [0.25, 0.3) is 0 Å². The Morgan fingerprint density at radius 1 is 1.21 bits per heavy atom. The summed E-state index contributed by atoms with van der Waals surface area (Å²) >= 11 is 0. The van der Waals surface area contributed by atoms with E-state index in [4.69, 9.17) is 5.11 Å². The number of hydrogen-bond donors (Lipinski definition) is 2. The molecule has 1 atom stereocenters. The van der Waals surface area contributed by atoms with Crippen LogP contribution in [0.1, 0.15) is 44.7 Å². The summed E-state index contributed by atoms with van der Waals surface area (Å²) in [5, 5.41) is 11.6. The topological polar surface area (TPSA) is 75.6 Å². The summed E-state index contributed by atoms with van der Waals surface area (Å²) in [5.41, 5.74) is 0.393. The van der Waals surface area contributed by atoms with E-state index in [0.29, 0.717) is 17.9 Å². The van der Waals surface area contributed by atoms with Gasteiger partial charge in [0.05, 0.1) is 12.5 Å². The first-order chi connectivity index (χ1) is 11.1. The number of carboxylic acid groups (broad SMARTS) is 1. The first kappa shape index (κ1) is 19.8. The average Bonchev–Trinajstić information content (AvgIpc) is 2.43. The zero-order valence-corrected chi connectivity index (χ0v) is 13.4. The van der Waals surface area contributed by atoms with Gasteiger partial charge in [0.1, 0.15) is 5.75 Å². The zero-order chi connectivity index (χ0) is 18.3. The summed E-state index contributed by atoms with van der Waals surface area (Å²) < 4.78 is 40.2. The first-order valence-electron chi connectivity index (χ1n) is 7.43. The molecule has 24 heavy (non-hydrogen) atoms. The van der Waals surface area contributed by atoms with Gasteiger partial charge >= 0.3 is 12.3 Å². The molecule has 0 heterocycles. The molecule has 0 saturated carbocycles. The summed E-state index contributed by atoms with van der Waals surface area (Å²) in [4.78, 5) is 22.9. The highest BCUT2D eigenvalue weighted by Crippen LogP contribution is 2.25. The van der Waals surface area contributed by atoms with Gasteiger partial charge in [-0.25, -0.2) is 0 Å². The highest BCUT2D eigenvalue weighted by Gasteiger charge is 2.31. The van der Waals surface area contributed by atoms with Crippen molar-refractivity contribution in [1.82, 2.24) is 5.32 Å². The molecule has 134 valence electrons. The Balaban J connectivity index is 2.80. The lowest BCUT2D eigenvalue weighted by atomic mass is 10.0. The van der Waals surface area contributed by atoms with E-state index in [0.717, 1.165) is 12.1 Å². The van der Waals surface area contributed by atoms with Crippen LogP contribution in [-0.4, -0.2) is 23.3 Å². The van der Waals surface area contributed by atoms with Crippen LogP contribution < -0.4 is 10.1 Å². The van der Waals surface area contributed by atoms with E-state index in [1.807, 2.05) is 13.8 Å².